The average Bonchev–Trinajstić information content (AvgIpc) is 2.29. The largest absolute Gasteiger partial charge is 0.477 e. The van der Waals surface area contributed by atoms with Gasteiger partial charge < -0.3 is 5.11 Å². The average molecular weight is 248 g/mol. The zero-order valence-corrected chi connectivity index (χ0v) is 9.68. The summed E-state index contributed by atoms with van der Waals surface area (Å²) in [7, 11) is 0. The lowest BCUT2D eigenvalue weighted by molar-refractivity contribution is 0.0689. The van der Waals surface area contributed by atoms with E-state index in [2.05, 4.69) is 19.9 Å². The fourth-order valence-electron chi connectivity index (χ4n) is 1.12. The third-order valence-electron chi connectivity index (χ3n) is 1.78. The lowest BCUT2D eigenvalue weighted by Gasteiger charge is -2.01. The monoisotopic (exact) mass is 248 g/mol. The Morgan fingerprint density at radius 1 is 1.24 bits per heavy atom. The maximum Gasteiger partial charge on any atom is 0.354 e. The third kappa shape index (κ3) is 2.97. The Morgan fingerprint density at radius 2 is 1.94 bits per heavy atom. The van der Waals surface area contributed by atoms with E-state index in [1.807, 2.05) is 0 Å². The van der Waals surface area contributed by atoms with Gasteiger partial charge in [-0.2, -0.15) is 0 Å². The molecule has 0 aliphatic rings. The maximum absolute atomic E-state index is 10.8. The van der Waals surface area contributed by atoms with Crippen LogP contribution in [-0.2, 0) is 0 Å². The molecule has 0 saturated carbocycles. The van der Waals surface area contributed by atoms with Gasteiger partial charge in [0, 0.05) is 18.1 Å². The number of aryl methyl sites for hydroxylation is 1. The van der Waals surface area contributed by atoms with E-state index in [0.29, 0.717) is 16.0 Å². The first kappa shape index (κ1) is 11.5. The predicted molar refractivity (Wildman–Crippen MR) is 59.9 cm³/mol. The molecular weight excluding hydrogens is 240 g/mol. The number of aromatic nitrogens is 4. The molecule has 0 aliphatic carbocycles. The summed E-state index contributed by atoms with van der Waals surface area (Å²) < 4.78 is 0. The van der Waals surface area contributed by atoms with Crippen molar-refractivity contribution >= 4 is 17.7 Å². The van der Waals surface area contributed by atoms with Crippen LogP contribution < -0.4 is 0 Å². The second-order valence-corrected chi connectivity index (χ2v) is 4.05. The Kier molecular flexibility index (Phi) is 3.29. The number of aromatic carboxylic acids is 1. The van der Waals surface area contributed by atoms with Crippen LogP contribution >= 0.6 is 11.8 Å². The summed E-state index contributed by atoms with van der Waals surface area (Å²) in [5.74, 6) is -1.08. The number of carbonyl (C=O) groups is 1. The summed E-state index contributed by atoms with van der Waals surface area (Å²) in [4.78, 5) is 26.9. The van der Waals surface area contributed by atoms with Crippen LogP contribution in [0.4, 0.5) is 0 Å². The van der Waals surface area contributed by atoms with E-state index in [4.69, 9.17) is 5.11 Å². The molecule has 0 spiro atoms. The van der Waals surface area contributed by atoms with Gasteiger partial charge in [0.25, 0.3) is 0 Å². The van der Waals surface area contributed by atoms with E-state index in [0.717, 1.165) is 11.8 Å². The number of nitrogens with zero attached hydrogens (tertiary/aromatic N) is 4. The van der Waals surface area contributed by atoms with Crippen molar-refractivity contribution in [3.8, 4) is 0 Å². The van der Waals surface area contributed by atoms with Gasteiger partial charge in [0.2, 0.25) is 0 Å². The highest BCUT2D eigenvalue weighted by Gasteiger charge is 2.10. The Labute approximate surface area is 101 Å². The smallest absolute Gasteiger partial charge is 0.354 e. The number of hydrogen-bond donors (Lipinski definition) is 1. The molecule has 2 aromatic rings. The lowest BCUT2D eigenvalue weighted by Crippen LogP contribution is -2.04. The summed E-state index contributed by atoms with van der Waals surface area (Å²) in [6.45, 7) is 1.71. The molecule has 6 nitrogen and oxygen atoms in total. The highest BCUT2D eigenvalue weighted by atomic mass is 32.2. The summed E-state index contributed by atoms with van der Waals surface area (Å²) in [5, 5.41) is 9.68. The van der Waals surface area contributed by atoms with E-state index < -0.39 is 5.97 Å². The van der Waals surface area contributed by atoms with Crippen molar-refractivity contribution in [2.75, 3.05) is 0 Å². The van der Waals surface area contributed by atoms with Gasteiger partial charge in [-0.3, -0.25) is 0 Å². The predicted octanol–water partition coefficient (Wildman–Crippen LogP) is 1.42. The second kappa shape index (κ2) is 4.88. The zero-order valence-electron chi connectivity index (χ0n) is 8.86. The van der Waals surface area contributed by atoms with Crippen molar-refractivity contribution in [1.29, 1.82) is 0 Å². The molecule has 2 aromatic heterocycles. The molecule has 0 fully saturated rings. The van der Waals surface area contributed by atoms with E-state index in [1.165, 1.54) is 6.07 Å². The van der Waals surface area contributed by atoms with E-state index in [9.17, 15) is 4.79 Å². The fraction of sp³-hybridized carbons (Fsp3) is 0.100. The molecule has 1 N–H and O–H groups in total. The molecule has 2 heterocycles. The number of hydrogen-bond acceptors (Lipinski definition) is 6. The Balaban J connectivity index is 2.30. The van der Waals surface area contributed by atoms with Gasteiger partial charge in [-0.15, -0.1) is 0 Å². The molecule has 0 atom stereocenters. The van der Waals surface area contributed by atoms with E-state index in [-0.39, 0.29) is 5.69 Å². The highest BCUT2D eigenvalue weighted by molar-refractivity contribution is 7.99. The first-order chi connectivity index (χ1) is 8.15. The van der Waals surface area contributed by atoms with Gasteiger partial charge in [-0.25, -0.2) is 24.7 Å². The van der Waals surface area contributed by atoms with Crippen LogP contribution in [-0.4, -0.2) is 31.0 Å². The van der Waals surface area contributed by atoms with Crippen molar-refractivity contribution in [2.24, 2.45) is 0 Å². The summed E-state index contributed by atoms with van der Waals surface area (Å²) >= 11 is 1.13. The van der Waals surface area contributed by atoms with Gasteiger partial charge >= 0.3 is 5.97 Å². The van der Waals surface area contributed by atoms with Crippen molar-refractivity contribution in [2.45, 2.75) is 17.2 Å². The lowest BCUT2D eigenvalue weighted by atomic mass is 10.3. The molecular formula is C10H8N4O2S. The van der Waals surface area contributed by atoms with Gasteiger partial charge in [0.15, 0.2) is 16.0 Å². The minimum absolute atomic E-state index is 0.0315. The quantitative estimate of drug-likeness (QED) is 0.821. The van der Waals surface area contributed by atoms with Crippen molar-refractivity contribution in [3.05, 3.63) is 35.9 Å². The first-order valence-electron chi connectivity index (χ1n) is 4.69. The molecule has 2 rings (SSSR count). The Morgan fingerprint density at radius 3 is 2.59 bits per heavy atom. The molecule has 0 aliphatic heterocycles. The molecule has 0 unspecified atom stereocenters. The molecule has 0 aromatic carbocycles. The van der Waals surface area contributed by atoms with Gasteiger partial charge in [-0.1, -0.05) is 0 Å². The van der Waals surface area contributed by atoms with Gasteiger partial charge in [0.1, 0.15) is 0 Å². The van der Waals surface area contributed by atoms with Crippen LogP contribution in [0.3, 0.4) is 0 Å². The fourth-order valence-corrected chi connectivity index (χ4v) is 1.84. The van der Waals surface area contributed by atoms with Crippen LogP contribution in [0.25, 0.3) is 0 Å². The van der Waals surface area contributed by atoms with Crippen LogP contribution in [0.1, 0.15) is 16.2 Å². The summed E-state index contributed by atoms with van der Waals surface area (Å²) in [5.41, 5.74) is 0.562. The van der Waals surface area contributed by atoms with Crippen molar-refractivity contribution < 1.29 is 9.90 Å². The summed E-state index contributed by atoms with van der Waals surface area (Å²) in [6.07, 6.45) is 3.20. The standard InChI is InChI=1S/C10H8N4O2S/c1-6-5-7(8(15)16)14-10(13-6)17-9-11-3-2-4-12-9/h2-5H,1H3,(H,15,16). The van der Waals surface area contributed by atoms with E-state index in [1.54, 1.807) is 25.4 Å². The topological polar surface area (TPSA) is 88.9 Å². The molecule has 86 valence electrons. The zero-order chi connectivity index (χ0) is 12.3. The summed E-state index contributed by atoms with van der Waals surface area (Å²) in [6, 6.07) is 3.11. The third-order valence-corrected chi connectivity index (χ3v) is 2.54. The van der Waals surface area contributed by atoms with Crippen LogP contribution in [0.2, 0.25) is 0 Å². The Hall–Kier alpha value is -2.02. The van der Waals surface area contributed by atoms with E-state index >= 15 is 0 Å². The van der Waals surface area contributed by atoms with Gasteiger partial charge in [-0.05, 0) is 30.8 Å². The number of rotatable bonds is 3. The van der Waals surface area contributed by atoms with Crippen LogP contribution in [0.15, 0.2) is 34.8 Å². The molecule has 0 saturated heterocycles. The molecule has 17 heavy (non-hydrogen) atoms. The number of carboxylic acid groups (broad SMARTS) is 1. The van der Waals surface area contributed by atoms with Crippen molar-refractivity contribution in [1.82, 2.24) is 19.9 Å². The Bertz CT molecular complexity index is 547. The molecule has 0 bridgehead atoms. The first-order valence-corrected chi connectivity index (χ1v) is 5.50. The normalized spacial score (nSPS) is 10.2. The van der Waals surface area contributed by atoms with Crippen LogP contribution in [0.5, 0.6) is 0 Å². The second-order valence-electron chi connectivity index (χ2n) is 3.12. The molecule has 7 heteroatoms. The maximum atomic E-state index is 10.8. The molecule has 0 amide bonds. The minimum atomic E-state index is -1.08. The van der Waals surface area contributed by atoms with Crippen molar-refractivity contribution in [3.63, 3.8) is 0 Å². The van der Waals surface area contributed by atoms with Gasteiger partial charge in [0.05, 0.1) is 0 Å². The molecule has 0 radical (unpaired) electrons. The SMILES string of the molecule is Cc1cc(C(=O)O)nc(Sc2ncccn2)n1. The minimum Gasteiger partial charge on any atom is -0.477 e. The number of carboxylic acids is 1. The van der Waals surface area contributed by atoms with Crippen LogP contribution in [0, 0.1) is 6.92 Å². The highest BCUT2D eigenvalue weighted by Crippen LogP contribution is 2.20.